The van der Waals surface area contributed by atoms with Gasteiger partial charge < -0.3 is 10.1 Å². The van der Waals surface area contributed by atoms with Gasteiger partial charge in [-0.15, -0.1) is 0 Å². The summed E-state index contributed by atoms with van der Waals surface area (Å²) in [5.41, 5.74) is 2.44. The summed E-state index contributed by atoms with van der Waals surface area (Å²) in [5, 5.41) is 12.8. The van der Waals surface area contributed by atoms with E-state index in [1.165, 1.54) is 12.8 Å². The maximum Gasteiger partial charge on any atom is 0.232 e. The summed E-state index contributed by atoms with van der Waals surface area (Å²) in [7, 11) is 0. The van der Waals surface area contributed by atoms with Gasteiger partial charge in [-0.1, -0.05) is 30.3 Å². The van der Waals surface area contributed by atoms with Gasteiger partial charge in [0.1, 0.15) is 17.7 Å². The van der Waals surface area contributed by atoms with Crippen LogP contribution in [0.15, 0.2) is 42.5 Å². The van der Waals surface area contributed by atoms with Gasteiger partial charge in [0.15, 0.2) is 0 Å². The quantitative estimate of drug-likeness (QED) is 0.752. The summed E-state index contributed by atoms with van der Waals surface area (Å²) < 4.78 is 6.15. The molecule has 2 aromatic rings. The zero-order valence-electron chi connectivity index (χ0n) is 14.0. The van der Waals surface area contributed by atoms with Gasteiger partial charge in [0.05, 0.1) is 0 Å². The smallest absolute Gasteiger partial charge is 0.232 e. The normalized spacial score (nSPS) is 14.8. The van der Waals surface area contributed by atoms with Gasteiger partial charge in [0, 0.05) is 12.1 Å². The molecule has 0 saturated heterocycles. The Morgan fingerprint density at radius 3 is 2.75 bits per heavy atom. The number of benzene rings is 1. The Morgan fingerprint density at radius 1 is 1.25 bits per heavy atom. The summed E-state index contributed by atoms with van der Waals surface area (Å²) in [4.78, 5) is 4.41. The van der Waals surface area contributed by atoms with Crippen molar-refractivity contribution in [2.75, 3.05) is 13.1 Å². The second kappa shape index (κ2) is 7.94. The van der Waals surface area contributed by atoms with E-state index in [4.69, 9.17) is 4.74 Å². The molecular formula is C20H23N3O. The lowest BCUT2D eigenvalue weighted by Gasteiger charge is -2.20. The summed E-state index contributed by atoms with van der Waals surface area (Å²) >= 11 is 0. The topological polar surface area (TPSA) is 57.9 Å². The van der Waals surface area contributed by atoms with E-state index in [0.29, 0.717) is 11.4 Å². The summed E-state index contributed by atoms with van der Waals surface area (Å²) in [6, 6.07) is 15.9. The highest BCUT2D eigenvalue weighted by molar-refractivity contribution is 5.39. The molecule has 0 radical (unpaired) electrons. The predicted octanol–water partition coefficient (Wildman–Crippen LogP) is 3.77. The van der Waals surface area contributed by atoms with Crippen LogP contribution in [-0.2, 0) is 0 Å². The Labute approximate surface area is 143 Å². The molecule has 124 valence electrons. The molecular weight excluding hydrogens is 298 g/mol. The van der Waals surface area contributed by atoms with Crippen molar-refractivity contribution in [2.45, 2.75) is 32.3 Å². The van der Waals surface area contributed by atoms with Gasteiger partial charge in [-0.25, -0.2) is 4.98 Å². The molecule has 1 N–H and O–H groups in total. The molecule has 1 fully saturated rings. The van der Waals surface area contributed by atoms with Crippen molar-refractivity contribution in [1.29, 1.82) is 5.26 Å². The van der Waals surface area contributed by atoms with Gasteiger partial charge in [0.25, 0.3) is 0 Å². The number of hydrogen-bond donors (Lipinski definition) is 1. The molecule has 0 spiro atoms. The zero-order valence-corrected chi connectivity index (χ0v) is 14.0. The van der Waals surface area contributed by atoms with E-state index in [0.717, 1.165) is 36.7 Å². The average Bonchev–Trinajstić information content (AvgIpc) is 3.43. The maximum absolute atomic E-state index is 9.29. The molecule has 1 heterocycles. The highest BCUT2D eigenvalue weighted by Crippen LogP contribution is 2.28. The third-order valence-electron chi connectivity index (χ3n) is 4.26. The first kappa shape index (κ1) is 16.5. The minimum Gasteiger partial charge on any atom is -0.468 e. The van der Waals surface area contributed by atoms with E-state index in [1.54, 1.807) is 6.07 Å². The first-order chi connectivity index (χ1) is 11.8. The molecule has 1 atom stereocenters. The monoisotopic (exact) mass is 321 g/mol. The molecule has 1 aromatic heterocycles. The van der Waals surface area contributed by atoms with Crippen LogP contribution in [0.25, 0.3) is 0 Å². The number of nitriles is 1. The van der Waals surface area contributed by atoms with Crippen molar-refractivity contribution >= 4 is 0 Å². The predicted molar refractivity (Wildman–Crippen MR) is 93.7 cm³/mol. The second-order valence-corrected chi connectivity index (χ2v) is 6.37. The Balaban J connectivity index is 1.71. The van der Waals surface area contributed by atoms with Crippen LogP contribution in [0, 0.1) is 24.2 Å². The van der Waals surface area contributed by atoms with Crippen LogP contribution in [-0.4, -0.2) is 18.1 Å². The Morgan fingerprint density at radius 2 is 2.04 bits per heavy atom. The fourth-order valence-corrected chi connectivity index (χ4v) is 2.67. The minimum atomic E-state index is -0.112. The van der Waals surface area contributed by atoms with E-state index in [-0.39, 0.29) is 6.10 Å². The Kier molecular flexibility index (Phi) is 5.45. The maximum atomic E-state index is 9.29. The molecule has 1 aromatic carbocycles. The van der Waals surface area contributed by atoms with Crippen LogP contribution in [0.3, 0.4) is 0 Å². The van der Waals surface area contributed by atoms with Crippen molar-refractivity contribution in [2.24, 2.45) is 5.92 Å². The number of rotatable bonds is 8. The van der Waals surface area contributed by atoms with Crippen molar-refractivity contribution in [1.82, 2.24) is 10.3 Å². The van der Waals surface area contributed by atoms with Crippen LogP contribution < -0.4 is 10.1 Å². The van der Waals surface area contributed by atoms with E-state index in [1.807, 2.05) is 31.2 Å². The Hall–Kier alpha value is -2.38. The molecule has 24 heavy (non-hydrogen) atoms. The van der Waals surface area contributed by atoms with Crippen LogP contribution in [0.5, 0.6) is 5.88 Å². The fraction of sp³-hybridized carbons (Fsp3) is 0.400. The SMILES string of the molecule is Cc1ccc(C#N)c(O[C@H](CCNCC2CC2)c2ccccc2)n1. The zero-order chi connectivity index (χ0) is 16.8. The van der Waals surface area contributed by atoms with Crippen LogP contribution >= 0.6 is 0 Å². The van der Waals surface area contributed by atoms with E-state index < -0.39 is 0 Å². The lowest BCUT2D eigenvalue weighted by Crippen LogP contribution is -2.22. The molecule has 4 nitrogen and oxygen atoms in total. The van der Waals surface area contributed by atoms with E-state index >= 15 is 0 Å². The number of aromatic nitrogens is 1. The highest BCUT2D eigenvalue weighted by atomic mass is 16.5. The van der Waals surface area contributed by atoms with Crippen LogP contribution in [0.2, 0.25) is 0 Å². The summed E-state index contributed by atoms with van der Waals surface area (Å²) in [6.07, 6.45) is 3.44. The number of pyridine rings is 1. The number of ether oxygens (including phenoxy) is 1. The van der Waals surface area contributed by atoms with Crippen LogP contribution in [0.1, 0.15) is 42.2 Å². The highest BCUT2D eigenvalue weighted by Gasteiger charge is 2.21. The van der Waals surface area contributed by atoms with Crippen molar-refractivity contribution in [3.63, 3.8) is 0 Å². The number of hydrogen-bond acceptors (Lipinski definition) is 4. The van der Waals surface area contributed by atoms with Crippen molar-refractivity contribution < 1.29 is 4.74 Å². The van der Waals surface area contributed by atoms with Gasteiger partial charge >= 0.3 is 0 Å². The minimum absolute atomic E-state index is 0.112. The number of aryl methyl sites for hydroxylation is 1. The van der Waals surface area contributed by atoms with Gasteiger partial charge in [-0.3, -0.25) is 0 Å². The molecule has 1 aliphatic carbocycles. The molecule has 1 aliphatic rings. The fourth-order valence-electron chi connectivity index (χ4n) is 2.67. The molecule has 1 saturated carbocycles. The van der Waals surface area contributed by atoms with Crippen molar-refractivity contribution in [3.8, 4) is 11.9 Å². The second-order valence-electron chi connectivity index (χ2n) is 6.37. The number of nitrogens with zero attached hydrogens (tertiary/aromatic N) is 2. The van der Waals surface area contributed by atoms with Gasteiger partial charge in [-0.2, -0.15) is 5.26 Å². The van der Waals surface area contributed by atoms with Gasteiger partial charge in [0.2, 0.25) is 5.88 Å². The first-order valence-electron chi connectivity index (χ1n) is 8.56. The third-order valence-corrected chi connectivity index (χ3v) is 4.26. The number of nitrogens with one attached hydrogen (secondary N) is 1. The lowest BCUT2D eigenvalue weighted by atomic mass is 10.1. The van der Waals surface area contributed by atoms with E-state index in [9.17, 15) is 5.26 Å². The average molecular weight is 321 g/mol. The first-order valence-corrected chi connectivity index (χ1v) is 8.56. The summed E-state index contributed by atoms with van der Waals surface area (Å²) in [6.45, 7) is 3.89. The van der Waals surface area contributed by atoms with Crippen molar-refractivity contribution in [3.05, 3.63) is 59.3 Å². The summed E-state index contributed by atoms with van der Waals surface area (Å²) in [5.74, 6) is 1.29. The molecule has 4 heteroatoms. The molecule has 0 unspecified atom stereocenters. The largest absolute Gasteiger partial charge is 0.468 e. The van der Waals surface area contributed by atoms with Crippen LogP contribution in [0.4, 0.5) is 0 Å². The molecule has 0 bridgehead atoms. The third kappa shape index (κ3) is 4.56. The lowest BCUT2D eigenvalue weighted by molar-refractivity contribution is 0.185. The van der Waals surface area contributed by atoms with E-state index in [2.05, 4.69) is 28.5 Å². The molecule has 0 amide bonds. The standard InChI is InChI=1S/C20H23N3O/c1-15-7-10-18(13-21)20(23-15)24-19(17-5-3-2-4-6-17)11-12-22-14-16-8-9-16/h2-7,10,16,19,22H,8-9,11-12,14H2,1H3/t19-/m1/s1. The Bertz CT molecular complexity index is 705. The van der Waals surface area contributed by atoms with Gasteiger partial charge in [-0.05, 0) is 56.5 Å². The molecule has 3 rings (SSSR count). The molecule has 0 aliphatic heterocycles.